The van der Waals surface area contributed by atoms with Crippen LogP contribution in [0.3, 0.4) is 0 Å². The molecule has 22 heavy (non-hydrogen) atoms. The Morgan fingerprint density at radius 2 is 1.91 bits per heavy atom. The number of benzene rings is 1. The van der Waals surface area contributed by atoms with Crippen LogP contribution in [0.1, 0.15) is 31.7 Å². The monoisotopic (exact) mass is 307 g/mol. The molecule has 0 aromatic heterocycles. The summed E-state index contributed by atoms with van der Waals surface area (Å²) in [6, 6.07) is 5.30. The van der Waals surface area contributed by atoms with Crippen molar-refractivity contribution < 1.29 is 14.5 Å². The Morgan fingerprint density at radius 3 is 2.41 bits per heavy atom. The van der Waals surface area contributed by atoms with Crippen molar-refractivity contribution in [1.82, 2.24) is 5.32 Å². The number of hydrogen-bond donors (Lipinski definition) is 2. The fourth-order valence-corrected chi connectivity index (χ4v) is 2.11. The number of ketones is 1. The number of nitro benzene ring substituents is 1. The fraction of sp³-hybridized carbons (Fsp3) is 0.467. The Bertz CT molecular complexity index is 528. The van der Waals surface area contributed by atoms with Crippen LogP contribution in [0.25, 0.3) is 0 Å². The summed E-state index contributed by atoms with van der Waals surface area (Å²) < 4.78 is 0. The number of amides is 1. The molecule has 7 nitrogen and oxygen atoms in total. The third-order valence-corrected chi connectivity index (χ3v) is 3.24. The van der Waals surface area contributed by atoms with Gasteiger partial charge >= 0.3 is 0 Å². The molecule has 3 N–H and O–H groups in total. The van der Waals surface area contributed by atoms with E-state index in [9.17, 15) is 19.7 Å². The zero-order chi connectivity index (χ0) is 16.5. The third-order valence-electron chi connectivity index (χ3n) is 3.24. The van der Waals surface area contributed by atoms with Crippen LogP contribution in [0, 0.1) is 10.1 Å². The zero-order valence-corrected chi connectivity index (χ0v) is 12.6. The minimum atomic E-state index is -0.542. The predicted molar refractivity (Wildman–Crippen MR) is 82.3 cm³/mol. The maximum atomic E-state index is 12.3. The maximum Gasteiger partial charge on any atom is 0.269 e. The molecule has 0 bridgehead atoms. The Morgan fingerprint density at radius 1 is 1.27 bits per heavy atom. The number of non-ortho nitro benzene ring substituents is 1. The van der Waals surface area contributed by atoms with Gasteiger partial charge in [0.25, 0.3) is 5.69 Å². The Labute approximate surface area is 129 Å². The molecule has 0 fully saturated rings. The largest absolute Gasteiger partial charge is 0.347 e. The van der Waals surface area contributed by atoms with E-state index in [2.05, 4.69) is 5.32 Å². The number of nitrogens with one attached hydrogen (secondary N) is 1. The second kappa shape index (κ2) is 8.89. The maximum absolute atomic E-state index is 12.3. The van der Waals surface area contributed by atoms with E-state index in [0.717, 1.165) is 12.8 Å². The van der Waals surface area contributed by atoms with Crippen LogP contribution in [-0.2, 0) is 16.0 Å². The van der Waals surface area contributed by atoms with Gasteiger partial charge in [0.15, 0.2) is 5.78 Å². The number of rotatable bonds is 9. The van der Waals surface area contributed by atoms with E-state index >= 15 is 0 Å². The first-order valence-electron chi connectivity index (χ1n) is 7.17. The smallest absolute Gasteiger partial charge is 0.269 e. The summed E-state index contributed by atoms with van der Waals surface area (Å²) >= 11 is 0. The van der Waals surface area contributed by atoms with Gasteiger partial charge in [0, 0.05) is 25.5 Å². The average Bonchev–Trinajstić information content (AvgIpc) is 2.46. The second-order valence-corrected chi connectivity index (χ2v) is 5.10. The Balaban J connectivity index is 2.68. The lowest BCUT2D eigenvalue weighted by Crippen LogP contribution is -2.40. The number of carbonyl (C=O) groups is 2. The molecule has 0 aliphatic carbocycles. The van der Waals surface area contributed by atoms with Gasteiger partial charge < -0.3 is 11.1 Å². The highest BCUT2D eigenvalue weighted by Gasteiger charge is 2.19. The standard InChI is InChI=1S/C15H21N3O4/c1-11(19)17-14(4-2-3-9-16)15(20)10-12-5-7-13(8-6-12)18(21)22/h5-8,14H,2-4,9-10,16H2,1H3,(H,17,19)/t14-/m0/s1. The molecule has 0 heterocycles. The van der Waals surface area contributed by atoms with Crippen LogP contribution in [-0.4, -0.2) is 29.2 Å². The van der Waals surface area contributed by atoms with Gasteiger partial charge in [-0.3, -0.25) is 19.7 Å². The van der Waals surface area contributed by atoms with Gasteiger partial charge in [0.05, 0.1) is 11.0 Å². The van der Waals surface area contributed by atoms with E-state index in [1.54, 1.807) is 12.1 Å². The van der Waals surface area contributed by atoms with Crippen molar-refractivity contribution in [2.24, 2.45) is 5.73 Å². The van der Waals surface area contributed by atoms with Crippen molar-refractivity contribution in [3.63, 3.8) is 0 Å². The van der Waals surface area contributed by atoms with Gasteiger partial charge in [-0.05, 0) is 31.4 Å². The molecule has 1 aromatic rings. The van der Waals surface area contributed by atoms with Crippen LogP contribution in [0.4, 0.5) is 5.69 Å². The molecule has 1 amide bonds. The number of nitrogens with two attached hydrogens (primary N) is 1. The summed E-state index contributed by atoms with van der Waals surface area (Å²) in [6.45, 7) is 1.92. The van der Waals surface area contributed by atoms with Crippen molar-refractivity contribution in [3.05, 3.63) is 39.9 Å². The molecule has 120 valence electrons. The number of nitrogens with zero attached hydrogens (tertiary/aromatic N) is 1. The first-order chi connectivity index (χ1) is 10.4. The van der Waals surface area contributed by atoms with Gasteiger partial charge in [0.1, 0.15) is 0 Å². The van der Waals surface area contributed by atoms with Gasteiger partial charge in [-0.25, -0.2) is 0 Å². The molecule has 1 rings (SSSR count). The van der Waals surface area contributed by atoms with Gasteiger partial charge in [-0.1, -0.05) is 12.1 Å². The molecule has 0 saturated heterocycles. The van der Waals surface area contributed by atoms with Crippen molar-refractivity contribution in [3.8, 4) is 0 Å². The summed E-state index contributed by atoms with van der Waals surface area (Å²) in [7, 11) is 0. The van der Waals surface area contributed by atoms with Crippen LogP contribution in [0.15, 0.2) is 24.3 Å². The quantitative estimate of drug-likeness (QED) is 0.406. The Hall–Kier alpha value is -2.28. The molecule has 0 aliphatic heterocycles. The summed E-state index contributed by atoms with van der Waals surface area (Å²) in [6.07, 6.45) is 2.22. The van der Waals surface area contributed by atoms with E-state index in [1.807, 2.05) is 0 Å². The summed E-state index contributed by atoms with van der Waals surface area (Å²) in [5.74, 6) is -0.365. The number of hydrogen-bond acceptors (Lipinski definition) is 5. The number of Topliss-reactive ketones (excluding diaryl/α,β-unsaturated/α-hetero) is 1. The number of unbranched alkanes of at least 4 members (excludes halogenated alkanes) is 1. The lowest BCUT2D eigenvalue weighted by atomic mass is 9.99. The lowest BCUT2D eigenvalue weighted by molar-refractivity contribution is -0.384. The van der Waals surface area contributed by atoms with Crippen LogP contribution >= 0.6 is 0 Å². The molecule has 1 atom stereocenters. The van der Waals surface area contributed by atoms with Crippen molar-refractivity contribution in [2.45, 2.75) is 38.6 Å². The van der Waals surface area contributed by atoms with E-state index < -0.39 is 11.0 Å². The topological polar surface area (TPSA) is 115 Å². The molecular weight excluding hydrogens is 286 g/mol. The number of carbonyl (C=O) groups excluding carboxylic acids is 2. The molecule has 0 saturated carbocycles. The summed E-state index contributed by atoms with van der Waals surface area (Å²) in [5, 5.41) is 13.2. The highest BCUT2D eigenvalue weighted by molar-refractivity contribution is 5.89. The highest BCUT2D eigenvalue weighted by atomic mass is 16.6. The lowest BCUT2D eigenvalue weighted by Gasteiger charge is -2.16. The minimum Gasteiger partial charge on any atom is -0.347 e. The van der Waals surface area contributed by atoms with Crippen molar-refractivity contribution in [1.29, 1.82) is 0 Å². The first kappa shape index (κ1) is 17.8. The van der Waals surface area contributed by atoms with Crippen molar-refractivity contribution in [2.75, 3.05) is 6.54 Å². The summed E-state index contributed by atoms with van der Waals surface area (Å²) in [5.41, 5.74) is 6.10. The third kappa shape index (κ3) is 6.01. The highest BCUT2D eigenvalue weighted by Crippen LogP contribution is 2.13. The SMILES string of the molecule is CC(=O)N[C@@H](CCCCN)C(=O)Cc1ccc([N+](=O)[O-])cc1. The van der Waals surface area contributed by atoms with Crippen LogP contribution < -0.4 is 11.1 Å². The van der Waals surface area contributed by atoms with Gasteiger partial charge in [-0.2, -0.15) is 0 Å². The Kier molecular flexibility index (Phi) is 7.18. The predicted octanol–water partition coefficient (Wildman–Crippen LogP) is 1.34. The van der Waals surface area contributed by atoms with Crippen LogP contribution in [0.2, 0.25) is 0 Å². The molecule has 7 heteroatoms. The molecule has 0 aliphatic rings. The zero-order valence-electron chi connectivity index (χ0n) is 12.6. The second-order valence-electron chi connectivity index (χ2n) is 5.10. The van der Waals surface area contributed by atoms with Gasteiger partial charge in [0.2, 0.25) is 5.91 Å². The molecule has 0 spiro atoms. The average molecular weight is 307 g/mol. The molecular formula is C15H21N3O4. The van der Waals surface area contributed by atoms with E-state index in [4.69, 9.17) is 5.73 Å². The normalized spacial score (nSPS) is 11.7. The van der Waals surface area contributed by atoms with Gasteiger partial charge in [-0.15, -0.1) is 0 Å². The molecule has 0 unspecified atom stereocenters. The van der Waals surface area contributed by atoms with E-state index in [-0.39, 0.29) is 23.8 Å². The summed E-state index contributed by atoms with van der Waals surface area (Å²) in [4.78, 5) is 33.6. The van der Waals surface area contributed by atoms with Crippen LogP contribution in [0.5, 0.6) is 0 Å². The van der Waals surface area contributed by atoms with E-state index in [1.165, 1.54) is 19.1 Å². The minimum absolute atomic E-state index is 0.0162. The molecule has 0 radical (unpaired) electrons. The van der Waals surface area contributed by atoms with Crippen molar-refractivity contribution >= 4 is 17.4 Å². The van der Waals surface area contributed by atoms with E-state index in [0.29, 0.717) is 18.5 Å². The first-order valence-corrected chi connectivity index (χ1v) is 7.17. The number of nitro groups is 1. The fourth-order valence-electron chi connectivity index (χ4n) is 2.11. The molecule has 1 aromatic carbocycles.